The molecular weight excluding hydrogens is 350 g/mol. The summed E-state index contributed by atoms with van der Waals surface area (Å²) in [4.78, 5) is 16.5. The number of hydrogen-bond acceptors (Lipinski definition) is 4. The molecular formula is C20H18ClN3O2. The predicted molar refractivity (Wildman–Crippen MR) is 104 cm³/mol. The van der Waals surface area contributed by atoms with E-state index in [4.69, 9.17) is 16.3 Å². The third-order valence-corrected chi connectivity index (χ3v) is 4.01. The maximum absolute atomic E-state index is 12.4. The predicted octanol–water partition coefficient (Wildman–Crippen LogP) is 4.61. The molecule has 0 spiro atoms. The molecule has 0 saturated carbocycles. The van der Waals surface area contributed by atoms with E-state index in [9.17, 15) is 4.79 Å². The van der Waals surface area contributed by atoms with Gasteiger partial charge in [-0.15, -0.1) is 0 Å². The minimum absolute atomic E-state index is 0.229. The summed E-state index contributed by atoms with van der Waals surface area (Å²) in [5, 5.41) is 6.70. The number of anilines is 2. The van der Waals surface area contributed by atoms with E-state index in [0.29, 0.717) is 22.8 Å². The second-order valence-corrected chi connectivity index (χ2v) is 6.06. The van der Waals surface area contributed by atoms with Gasteiger partial charge in [0, 0.05) is 29.6 Å². The lowest BCUT2D eigenvalue weighted by Crippen LogP contribution is -2.12. The first kappa shape index (κ1) is 17.8. The number of halogens is 1. The first-order chi connectivity index (χ1) is 12.6. The van der Waals surface area contributed by atoms with Crippen molar-refractivity contribution in [2.24, 2.45) is 0 Å². The van der Waals surface area contributed by atoms with E-state index in [0.717, 1.165) is 17.0 Å². The molecule has 1 heterocycles. The van der Waals surface area contributed by atoms with Gasteiger partial charge in [0.05, 0.1) is 18.4 Å². The quantitative estimate of drug-likeness (QED) is 0.668. The van der Waals surface area contributed by atoms with Crippen molar-refractivity contribution in [3.05, 3.63) is 83.1 Å². The molecule has 2 aromatic carbocycles. The molecule has 0 aliphatic rings. The molecule has 26 heavy (non-hydrogen) atoms. The Morgan fingerprint density at radius 3 is 2.46 bits per heavy atom. The third kappa shape index (κ3) is 4.74. The summed E-state index contributed by atoms with van der Waals surface area (Å²) in [7, 11) is 1.64. The third-order valence-electron chi connectivity index (χ3n) is 3.76. The average molecular weight is 368 g/mol. The van der Waals surface area contributed by atoms with Crippen LogP contribution in [-0.4, -0.2) is 18.0 Å². The van der Waals surface area contributed by atoms with Gasteiger partial charge in [0.2, 0.25) is 0 Å². The molecule has 0 aliphatic heterocycles. The molecule has 1 aromatic heterocycles. The number of aromatic nitrogens is 1. The molecule has 0 atom stereocenters. The van der Waals surface area contributed by atoms with Gasteiger partial charge >= 0.3 is 0 Å². The van der Waals surface area contributed by atoms with Crippen LogP contribution in [0.2, 0.25) is 5.02 Å². The number of amides is 1. The summed E-state index contributed by atoms with van der Waals surface area (Å²) < 4.78 is 5.15. The molecule has 0 saturated heterocycles. The monoisotopic (exact) mass is 367 g/mol. The molecule has 132 valence electrons. The van der Waals surface area contributed by atoms with Gasteiger partial charge in [0.15, 0.2) is 0 Å². The molecule has 0 radical (unpaired) electrons. The molecule has 1 amide bonds. The van der Waals surface area contributed by atoms with Gasteiger partial charge < -0.3 is 15.4 Å². The van der Waals surface area contributed by atoms with Crippen LogP contribution in [-0.2, 0) is 6.54 Å². The van der Waals surface area contributed by atoms with E-state index >= 15 is 0 Å². The summed E-state index contributed by atoms with van der Waals surface area (Å²) in [6.45, 7) is 0.619. The van der Waals surface area contributed by atoms with Crippen molar-refractivity contribution >= 4 is 28.9 Å². The van der Waals surface area contributed by atoms with Crippen molar-refractivity contribution in [1.82, 2.24) is 4.98 Å². The maximum atomic E-state index is 12.4. The molecule has 2 N–H and O–H groups in total. The van der Waals surface area contributed by atoms with Gasteiger partial charge in [0.1, 0.15) is 5.75 Å². The highest BCUT2D eigenvalue weighted by molar-refractivity contribution is 6.30. The normalized spacial score (nSPS) is 10.2. The highest BCUT2D eigenvalue weighted by Crippen LogP contribution is 2.17. The first-order valence-corrected chi connectivity index (χ1v) is 8.40. The van der Waals surface area contributed by atoms with Crippen LogP contribution in [0.15, 0.2) is 67.0 Å². The molecule has 0 aliphatic carbocycles. The second-order valence-electron chi connectivity index (χ2n) is 5.62. The number of pyridine rings is 1. The Morgan fingerprint density at radius 2 is 1.77 bits per heavy atom. The van der Waals surface area contributed by atoms with Crippen LogP contribution in [0.3, 0.4) is 0 Å². The minimum atomic E-state index is -0.229. The zero-order chi connectivity index (χ0) is 18.4. The molecule has 3 rings (SSSR count). The number of ether oxygens (including phenoxy) is 1. The van der Waals surface area contributed by atoms with Crippen molar-refractivity contribution in [1.29, 1.82) is 0 Å². The van der Waals surface area contributed by atoms with Gasteiger partial charge in [0.25, 0.3) is 5.91 Å². The van der Waals surface area contributed by atoms with Crippen LogP contribution in [0.4, 0.5) is 11.4 Å². The lowest BCUT2D eigenvalue weighted by Gasteiger charge is -2.09. The number of nitrogens with zero attached hydrogens (tertiary/aromatic N) is 1. The minimum Gasteiger partial charge on any atom is -0.497 e. The molecule has 5 nitrogen and oxygen atoms in total. The van der Waals surface area contributed by atoms with Crippen LogP contribution in [0.25, 0.3) is 0 Å². The number of methoxy groups -OCH3 is 1. The smallest absolute Gasteiger partial charge is 0.257 e. The van der Waals surface area contributed by atoms with Crippen LogP contribution in [0, 0.1) is 0 Å². The number of nitrogens with one attached hydrogen (secondary N) is 2. The molecule has 0 fully saturated rings. The number of hydrogen-bond donors (Lipinski definition) is 2. The largest absolute Gasteiger partial charge is 0.497 e. The summed E-state index contributed by atoms with van der Waals surface area (Å²) in [6.07, 6.45) is 3.21. The van der Waals surface area contributed by atoms with Crippen LogP contribution in [0.5, 0.6) is 5.75 Å². The first-order valence-electron chi connectivity index (χ1n) is 8.03. The maximum Gasteiger partial charge on any atom is 0.257 e. The fraction of sp³-hybridized carbons (Fsp3) is 0.100. The van der Waals surface area contributed by atoms with Crippen molar-refractivity contribution in [3.63, 3.8) is 0 Å². The highest BCUT2D eigenvalue weighted by atomic mass is 35.5. The second kappa shape index (κ2) is 8.36. The number of carbonyl (C=O) groups excluding carboxylic acids is 1. The van der Waals surface area contributed by atoms with Gasteiger partial charge in [-0.05, 0) is 48.0 Å². The Balaban J connectivity index is 1.63. The molecule has 0 unspecified atom stereocenters. The fourth-order valence-corrected chi connectivity index (χ4v) is 2.47. The van der Waals surface area contributed by atoms with Crippen molar-refractivity contribution in [3.8, 4) is 5.75 Å². The lowest BCUT2D eigenvalue weighted by atomic mass is 10.2. The Labute approximate surface area is 157 Å². The van der Waals surface area contributed by atoms with Crippen molar-refractivity contribution in [2.75, 3.05) is 17.7 Å². The van der Waals surface area contributed by atoms with Crippen LogP contribution >= 0.6 is 11.6 Å². The van der Waals surface area contributed by atoms with Gasteiger partial charge in [-0.1, -0.05) is 23.7 Å². The molecule has 3 aromatic rings. The zero-order valence-corrected chi connectivity index (χ0v) is 15.0. The summed E-state index contributed by atoms with van der Waals surface area (Å²) in [6, 6.07) is 16.5. The fourth-order valence-electron chi connectivity index (χ4n) is 2.34. The zero-order valence-electron chi connectivity index (χ0n) is 14.2. The Hall–Kier alpha value is -3.05. The van der Waals surface area contributed by atoms with Gasteiger partial charge in [-0.2, -0.15) is 0 Å². The molecule has 0 bridgehead atoms. The highest BCUT2D eigenvalue weighted by Gasteiger charge is 2.08. The summed E-state index contributed by atoms with van der Waals surface area (Å²) in [5.41, 5.74) is 3.02. The van der Waals surface area contributed by atoms with Crippen LogP contribution < -0.4 is 15.4 Å². The number of carbonyl (C=O) groups is 1. The average Bonchev–Trinajstić information content (AvgIpc) is 2.69. The lowest BCUT2D eigenvalue weighted by molar-refractivity contribution is 0.102. The Kier molecular flexibility index (Phi) is 5.71. The van der Waals surface area contributed by atoms with Crippen molar-refractivity contribution in [2.45, 2.75) is 6.54 Å². The SMILES string of the molecule is COc1ccc(CNc2cncc(C(=O)Nc3ccc(Cl)cc3)c2)cc1. The van der Waals surface area contributed by atoms with E-state index < -0.39 is 0 Å². The van der Waals surface area contributed by atoms with E-state index in [-0.39, 0.29) is 5.91 Å². The van der Waals surface area contributed by atoms with E-state index in [1.54, 1.807) is 43.6 Å². The number of benzene rings is 2. The topological polar surface area (TPSA) is 63.2 Å². The Morgan fingerprint density at radius 1 is 1.04 bits per heavy atom. The van der Waals surface area contributed by atoms with Crippen LogP contribution in [0.1, 0.15) is 15.9 Å². The van der Waals surface area contributed by atoms with Crippen molar-refractivity contribution < 1.29 is 9.53 Å². The Bertz CT molecular complexity index is 880. The van der Waals surface area contributed by atoms with Gasteiger partial charge in [-0.3, -0.25) is 9.78 Å². The molecule has 6 heteroatoms. The van der Waals surface area contributed by atoms with Gasteiger partial charge in [-0.25, -0.2) is 0 Å². The summed E-state index contributed by atoms with van der Waals surface area (Å²) in [5.74, 6) is 0.587. The van der Waals surface area contributed by atoms with E-state index in [1.807, 2.05) is 24.3 Å². The standard InChI is InChI=1S/C20H18ClN3O2/c1-26-19-8-2-14(3-9-19)11-23-18-10-15(12-22-13-18)20(25)24-17-6-4-16(21)5-7-17/h2-10,12-13,23H,11H2,1H3,(H,24,25). The van der Waals surface area contributed by atoms with E-state index in [1.165, 1.54) is 6.20 Å². The number of rotatable bonds is 6. The summed E-state index contributed by atoms with van der Waals surface area (Å²) >= 11 is 5.85. The van der Waals surface area contributed by atoms with E-state index in [2.05, 4.69) is 15.6 Å².